The van der Waals surface area contributed by atoms with Crippen molar-refractivity contribution < 1.29 is 43.0 Å². The van der Waals surface area contributed by atoms with E-state index in [0.29, 0.717) is 19.3 Å². The molecule has 2 atom stereocenters. The van der Waals surface area contributed by atoms with E-state index < -0.39 is 38.6 Å². The molecule has 9 nitrogen and oxygen atoms in total. The van der Waals surface area contributed by atoms with Gasteiger partial charge in [-0.15, -0.1) is 0 Å². The fourth-order valence-electron chi connectivity index (χ4n) is 6.69. The molecule has 10 heteroatoms. The zero-order valence-electron chi connectivity index (χ0n) is 36.8. The number of aliphatic hydroxyl groups is 1. The molecule has 3 N–H and O–H groups in total. The SMILES string of the molecule is CCCCCCCC/C=C/C/C=C/C=C/C(O)CCCC(=O)OC[C@H](COP(=O)(O)O)OC(=O)CCCCCCCCCCCCCCCCCCCCC(C)C. The number of rotatable bonds is 42. The maximum Gasteiger partial charge on any atom is 0.469 e. The van der Waals surface area contributed by atoms with Gasteiger partial charge in [0.2, 0.25) is 0 Å². The summed E-state index contributed by atoms with van der Waals surface area (Å²) < 4.78 is 26.3. The molecule has 0 rings (SSSR count). The molecule has 0 aromatic heterocycles. The molecule has 334 valence electrons. The van der Waals surface area contributed by atoms with Crippen molar-refractivity contribution in [2.45, 2.75) is 232 Å². The van der Waals surface area contributed by atoms with Crippen LogP contribution in [0.3, 0.4) is 0 Å². The van der Waals surface area contributed by atoms with Gasteiger partial charge in [0, 0.05) is 12.8 Å². The molecule has 0 spiro atoms. The first kappa shape index (κ1) is 55.2. The molecule has 0 saturated heterocycles. The van der Waals surface area contributed by atoms with Crippen LogP contribution in [0.5, 0.6) is 0 Å². The number of phosphoric acid groups is 1. The number of carbonyl (C=O) groups excluding carboxylic acids is 2. The first-order valence-corrected chi connectivity index (χ1v) is 24.8. The summed E-state index contributed by atoms with van der Waals surface area (Å²) in [5, 5.41) is 10.2. The van der Waals surface area contributed by atoms with Crippen molar-refractivity contribution in [1.29, 1.82) is 0 Å². The maximum atomic E-state index is 12.5. The van der Waals surface area contributed by atoms with Gasteiger partial charge in [-0.25, -0.2) is 4.57 Å². The first-order chi connectivity index (χ1) is 27.5. The van der Waals surface area contributed by atoms with E-state index in [4.69, 9.17) is 19.3 Å². The van der Waals surface area contributed by atoms with Crippen molar-refractivity contribution >= 4 is 19.8 Å². The number of aliphatic hydroxyl groups excluding tert-OH is 1. The van der Waals surface area contributed by atoms with Crippen LogP contribution in [0, 0.1) is 5.92 Å². The number of carbonyl (C=O) groups is 2. The molecule has 0 bridgehead atoms. The third-order valence-corrected chi connectivity index (χ3v) is 10.7. The maximum absolute atomic E-state index is 12.5. The van der Waals surface area contributed by atoms with Gasteiger partial charge < -0.3 is 24.4 Å². The minimum absolute atomic E-state index is 0.0448. The van der Waals surface area contributed by atoms with Crippen molar-refractivity contribution in [3.8, 4) is 0 Å². The van der Waals surface area contributed by atoms with E-state index in [1.807, 2.05) is 12.2 Å². The number of esters is 2. The minimum Gasteiger partial charge on any atom is -0.462 e. The number of unbranched alkanes of at least 4 members (excludes halogenated alkanes) is 23. The molecule has 0 heterocycles. The molecule has 0 aromatic rings. The third kappa shape index (κ3) is 45.2. The van der Waals surface area contributed by atoms with E-state index >= 15 is 0 Å². The molecule has 0 saturated carbocycles. The lowest BCUT2D eigenvalue weighted by molar-refractivity contribution is -0.161. The van der Waals surface area contributed by atoms with E-state index in [1.54, 1.807) is 12.2 Å². The van der Waals surface area contributed by atoms with E-state index in [2.05, 4.69) is 37.4 Å². The van der Waals surface area contributed by atoms with Gasteiger partial charge in [0.25, 0.3) is 0 Å². The van der Waals surface area contributed by atoms with Crippen LogP contribution in [-0.2, 0) is 28.2 Å². The van der Waals surface area contributed by atoms with Crippen LogP contribution in [0.2, 0.25) is 0 Å². The van der Waals surface area contributed by atoms with Crippen molar-refractivity contribution in [2.75, 3.05) is 13.2 Å². The summed E-state index contributed by atoms with van der Waals surface area (Å²) in [5.74, 6) is -0.231. The lowest BCUT2D eigenvalue weighted by atomic mass is 10.0. The Kier molecular flexibility index (Phi) is 39.7. The van der Waals surface area contributed by atoms with Gasteiger partial charge >= 0.3 is 19.8 Å². The van der Waals surface area contributed by atoms with Crippen molar-refractivity contribution in [2.24, 2.45) is 5.92 Å². The quantitative estimate of drug-likeness (QED) is 0.0180. The summed E-state index contributed by atoms with van der Waals surface area (Å²) in [7, 11) is -4.80. The van der Waals surface area contributed by atoms with Crippen LogP contribution in [0.4, 0.5) is 0 Å². The molecule has 0 aliphatic rings. The summed E-state index contributed by atoms with van der Waals surface area (Å²) >= 11 is 0. The van der Waals surface area contributed by atoms with E-state index in [9.17, 15) is 19.3 Å². The van der Waals surface area contributed by atoms with Gasteiger partial charge in [-0.2, -0.15) is 0 Å². The largest absolute Gasteiger partial charge is 0.469 e. The Labute approximate surface area is 349 Å². The van der Waals surface area contributed by atoms with Crippen LogP contribution in [0.15, 0.2) is 36.5 Å². The van der Waals surface area contributed by atoms with Crippen LogP contribution in [0.1, 0.15) is 220 Å². The Morgan fingerprint density at radius 2 is 1.09 bits per heavy atom. The zero-order valence-corrected chi connectivity index (χ0v) is 37.7. The van der Waals surface area contributed by atoms with Crippen molar-refractivity contribution in [3.63, 3.8) is 0 Å². The lowest BCUT2D eigenvalue weighted by Crippen LogP contribution is -2.29. The average Bonchev–Trinajstić information content (AvgIpc) is 3.16. The fourth-order valence-corrected chi connectivity index (χ4v) is 7.05. The Hall–Kier alpha value is -1.77. The highest BCUT2D eigenvalue weighted by atomic mass is 31.2. The molecule has 0 aliphatic carbocycles. The zero-order chi connectivity index (χ0) is 42.1. The lowest BCUT2D eigenvalue weighted by Gasteiger charge is -2.18. The van der Waals surface area contributed by atoms with E-state index in [0.717, 1.165) is 38.0 Å². The predicted octanol–water partition coefficient (Wildman–Crippen LogP) is 13.3. The fraction of sp³-hybridized carbons (Fsp3) is 0.830. The summed E-state index contributed by atoms with van der Waals surface area (Å²) in [6, 6.07) is 0. The second kappa shape index (κ2) is 41.0. The third-order valence-electron chi connectivity index (χ3n) is 10.2. The van der Waals surface area contributed by atoms with E-state index in [1.165, 1.54) is 135 Å². The molecular formula is C47H87O9P. The summed E-state index contributed by atoms with van der Waals surface area (Å²) in [6.45, 7) is 5.89. The second-order valence-electron chi connectivity index (χ2n) is 16.4. The Morgan fingerprint density at radius 1 is 0.579 bits per heavy atom. The molecule has 0 aliphatic heterocycles. The predicted molar refractivity (Wildman–Crippen MR) is 236 cm³/mol. The molecule has 0 fully saturated rings. The number of phosphoric ester groups is 1. The number of ether oxygens (including phenoxy) is 2. The molecule has 0 radical (unpaired) electrons. The van der Waals surface area contributed by atoms with Gasteiger partial charge in [0.05, 0.1) is 12.7 Å². The molecular weight excluding hydrogens is 739 g/mol. The summed E-state index contributed by atoms with van der Waals surface area (Å²) in [4.78, 5) is 43.0. The molecule has 1 unspecified atom stereocenters. The van der Waals surface area contributed by atoms with Gasteiger partial charge in [-0.05, 0) is 44.4 Å². The number of hydrogen-bond donors (Lipinski definition) is 3. The van der Waals surface area contributed by atoms with Gasteiger partial charge in [0.1, 0.15) is 6.61 Å². The highest BCUT2D eigenvalue weighted by molar-refractivity contribution is 7.46. The van der Waals surface area contributed by atoms with Gasteiger partial charge in [0.15, 0.2) is 6.10 Å². The highest BCUT2D eigenvalue weighted by Crippen LogP contribution is 2.36. The standard InChI is InChI=1S/C47H87O9P/c1-4-5-6-7-8-9-10-17-21-24-27-30-33-37-44(48)38-35-40-46(49)54-41-45(42-55-57(51,52)53)56-47(50)39-34-31-28-25-22-19-16-14-12-11-13-15-18-20-23-26-29-32-36-43(2)3/h17,21,27,30,33,37,43-45,48H,4-16,18-20,22-26,28-29,31-32,34-36,38-42H2,1-3H3,(H2,51,52,53)/b21-17+,30-27+,37-33+/t44?,45-/m1/s1. The Balaban J connectivity index is 3.99. The summed E-state index contributed by atoms with van der Waals surface area (Å²) in [6.07, 6.45) is 44.8. The highest BCUT2D eigenvalue weighted by Gasteiger charge is 2.23. The van der Waals surface area contributed by atoms with Crippen LogP contribution >= 0.6 is 7.82 Å². The van der Waals surface area contributed by atoms with Crippen LogP contribution in [0.25, 0.3) is 0 Å². The number of allylic oxidation sites excluding steroid dienone is 5. The summed E-state index contributed by atoms with van der Waals surface area (Å²) in [5.41, 5.74) is 0. The Morgan fingerprint density at radius 3 is 1.63 bits per heavy atom. The second-order valence-corrected chi connectivity index (χ2v) is 17.7. The van der Waals surface area contributed by atoms with Crippen molar-refractivity contribution in [1.82, 2.24) is 0 Å². The van der Waals surface area contributed by atoms with Crippen LogP contribution < -0.4 is 0 Å². The number of hydrogen-bond acceptors (Lipinski definition) is 7. The monoisotopic (exact) mass is 827 g/mol. The molecule has 0 amide bonds. The van der Waals surface area contributed by atoms with E-state index in [-0.39, 0.29) is 19.4 Å². The van der Waals surface area contributed by atoms with Crippen LogP contribution in [-0.4, -0.2) is 52.3 Å². The first-order valence-electron chi connectivity index (χ1n) is 23.2. The average molecular weight is 827 g/mol. The molecule has 0 aromatic carbocycles. The smallest absolute Gasteiger partial charge is 0.462 e. The van der Waals surface area contributed by atoms with Crippen molar-refractivity contribution in [3.05, 3.63) is 36.5 Å². The molecule has 57 heavy (non-hydrogen) atoms. The topological polar surface area (TPSA) is 140 Å². The van der Waals surface area contributed by atoms with Gasteiger partial charge in [-0.3, -0.25) is 14.1 Å². The Bertz CT molecular complexity index is 1050. The van der Waals surface area contributed by atoms with Gasteiger partial charge in [-0.1, -0.05) is 205 Å². The normalized spacial score (nSPS) is 13.4. The minimum atomic E-state index is -4.80.